The molecule has 0 aliphatic rings. The lowest BCUT2D eigenvalue weighted by Gasteiger charge is -1.99. The molecule has 0 saturated heterocycles. The molecule has 2 N–H and O–H groups in total. The summed E-state index contributed by atoms with van der Waals surface area (Å²) in [5.74, 6) is -0.596. The zero-order chi connectivity index (χ0) is 9.42. The van der Waals surface area contributed by atoms with Gasteiger partial charge in [-0.05, 0) is 6.07 Å². The minimum Gasteiger partial charge on any atom is -0.366 e. The van der Waals surface area contributed by atoms with Gasteiger partial charge in [0.15, 0.2) is 0 Å². The Kier molecular flexibility index (Phi) is 1.66. The molecule has 0 spiro atoms. The zero-order valence-electron chi connectivity index (χ0n) is 6.44. The van der Waals surface area contributed by atoms with E-state index < -0.39 is 5.91 Å². The molecule has 0 aromatic carbocycles. The molecule has 0 aliphatic heterocycles. The third-order valence-electron chi connectivity index (χ3n) is 1.65. The highest BCUT2D eigenvalue weighted by atomic mass is 35.5. The first-order valence-corrected chi connectivity index (χ1v) is 3.86. The van der Waals surface area contributed by atoms with Crippen molar-refractivity contribution in [3.05, 3.63) is 29.0 Å². The molecular weight excluding hydrogens is 192 g/mol. The van der Waals surface area contributed by atoms with E-state index in [0.29, 0.717) is 5.52 Å². The number of aromatic nitrogens is 3. The summed E-state index contributed by atoms with van der Waals surface area (Å²) >= 11 is 5.88. The van der Waals surface area contributed by atoms with Gasteiger partial charge in [-0.3, -0.25) is 4.79 Å². The smallest absolute Gasteiger partial charge is 0.251 e. The molecule has 66 valence electrons. The first kappa shape index (κ1) is 8.00. The van der Waals surface area contributed by atoms with Gasteiger partial charge in [0.1, 0.15) is 5.52 Å². The number of nitrogens with two attached hydrogens (primary N) is 1. The highest BCUT2D eigenvalue weighted by Gasteiger charge is 2.11. The number of amides is 1. The van der Waals surface area contributed by atoms with E-state index in [1.165, 1.54) is 10.8 Å². The van der Waals surface area contributed by atoms with Gasteiger partial charge in [0.05, 0.1) is 23.0 Å². The van der Waals surface area contributed by atoms with Crippen LogP contribution >= 0.6 is 11.6 Å². The Morgan fingerprint density at radius 1 is 1.54 bits per heavy atom. The quantitative estimate of drug-likeness (QED) is 0.721. The average molecular weight is 197 g/mol. The number of primary amides is 1. The van der Waals surface area contributed by atoms with Crippen LogP contribution in [0.5, 0.6) is 0 Å². The Bertz CT molecular complexity index is 478. The molecule has 0 radical (unpaired) electrons. The summed E-state index contributed by atoms with van der Waals surface area (Å²) in [6.07, 6.45) is 2.84. The van der Waals surface area contributed by atoms with Crippen LogP contribution in [0, 0.1) is 0 Å². The van der Waals surface area contributed by atoms with E-state index in [9.17, 15) is 4.79 Å². The molecule has 2 heterocycles. The Labute approximate surface area is 78.1 Å². The fraction of sp³-hybridized carbons (Fsp3) is 0. The van der Waals surface area contributed by atoms with Crippen molar-refractivity contribution < 1.29 is 4.79 Å². The van der Waals surface area contributed by atoms with Crippen LogP contribution in [-0.4, -0.2) is 20.7 Å². The second kappa shape index (κ2) is 2.70. The van der Waals surface area contributed by atoms with Crippen molar-refractivity contribution in [2.24, 2.45) is 5.73 Å². The standard InChI is InChI=1S/C7H5ClN4O/c8-6-4(7(9)13)3-11-12-5(6)1-2-10-12/h1-3H,(H2,9,13). The number of hydrogen-bond donors (Lipinski definition) is 1. The van der Waals surface area contributed by atoms with Crippen LogP contribution < -0.4 is 5.73 Å². The monoisotopic (exact) mass is 196 g/mol. The summed E-state index contributed by atoms with van der Waals surface area (Å²) in [7, 11) is 0. The minimum absolute atomic E-state index is 0.203. The van der Waals surface area contributed by atoms with Crippen molar-refractivity contribution in [1.82, 2.24) is 14.8 Å². The maximum absolute atomic E-state index is 10.9. The lowest BCUT2D eigenvalue weighted by atomic mass is 10.3. The van der Waals surface area contributed by atoms with Crippen molar-refractivity contribution in [2.45, 2.75) is 0 Å². The van der Waals surface area contributed by atoms with Crippen LogP contribution in [0.4, 0.5) is 0 Å². The van der Waals surface area contributed by atoms with Gasteiger partial charge < -0.3 is 5.73 Å². The van der Waals surface area contributed by atoms with Gasteiger partial charge in [-0.1, -0.05) is 11.6 Å². The third kappa shape index (κ3) is 1.13. The fourth-order valence-electron chi connectivity index (χ4n) is 1.03. The lowest BCUT2D eigenvalue weighted by molar-refractivity contribution is 0.1000. The third-order valence-corrected chi connectivity index (χ3v) is 2.04. The molecule has 1 amide bonds. The number of rotatable bonds is 1. The van der Waals surface area contributed by atoms with Crippen molar-refractivity contribution in [3.8, 4) is 0 Å². The van der Waals surface area contributed by atoms with Crippen LogP contribution in [-0.2, 0) is 0 Å². The number of hydrogen-bond acceptors (Lipinski definition) is 3. The van der Waals surface area contributed by atoms with Gasteiger partial charge in [-0.2, -0.15) is 14.8 Å². The molecule has 0 unspecified atom stereocenters. The molecule has 0 atom stereocenters. The topological polar surface area (TPSA) is 73.3 Å². The number of carbonyl (C=O) groups is 1. The number of nitrogens with zero attached hydrogens (tertiary/aromatic N) is 3. The van der Waals surface area contributed by atoms with Gasteiger partial charge in [0.25, 0.3) is 5.91 Å². The maximum Gasteiger partial charge on any atom is 0.251 e. The molecule has 2 rings (SSSR count). The predicted octanol–water partition coefficient (Wildman–Crippen LogP) is 0.482. The molecule has 0 fully saturated rings. The number of carbonyl (C=O) groups excluding carboxylic acids is 1. The van der Waals surface area contributed by atoms with Crippen LogP contribution in [0.1, 0.15) is 10.4 Å². The summed E-state index contributed by atoms with van der Waals surface area (Å²) in [5, 5.41) is 7.97. The summed E-state index contributed by atoms with van der Waals surface area (Å²) in [6.45, 7) is 0. The summed E-state index contributed by atoms with van der Waals surface area (Å²) in [6, 6.07) is 1.65. The van der Waals surface area contributed by atoms with Crippen molar-refractivity contribution in [2.75, 3.05) is 0 Å². The first-order valence-electron chi connectivity index (χ1n) is 3.48. The summed E-state index contributed by atoms with van der Waals surface area (Å²) in [5.41, 5.74) is 5.85. The molecule has 0 saturated carbocycles. The normalized spacial score (nSPS) is 10.5. The summed E-state index contributed by atoms with van der Waals surface area (Å²) < 4.78 is 1.33. The van der Waals surface area contributed by atoms with Crippen molar-refractivity contribution in [1.29, 1.82) is 0 Å². The molecule has 5 nitrogen and oxygen atoms in total. The van der Waals surface area contributed by atoms with E-state index in [1.807, 2.05) is 0 Å². The first-order chi connectivity index (χ1) is 6.20. The Morgan fingerprint density at radius 3 is 3.00 bits per heavy atom. The largest absolute Gasteiger partial charge is 0.366 e. The van der Waals surface area contributed by atoms with E-state index in [4.69, 9.17) is 17.3 Å². The van der Waals surface area contributed by atoms with E-state index in [2.05, 4.69) is 10.2 Å². The van der Waals surface area contributed by atoms with Crippen LogP contribution in [0.15, 0.2) is 18.5 Å². The van der Waals surface area contributed by atoms with Gasteiger partial charge in [0.2, 0.25) is 0 Å². The van der Waals surface area contributed by atoms with E-state index in [1.54, 1.807) is 12.3 Å². The lowest BCUT2D eigenvalue weighted by Crippen LogP contribution is -2.13. The molecule has 0 aliphatic carbocycles. The maximum atomic E-state index is 10.9. The summed E-state index contributed by atoms with van der Waals surface area (Å²) in [4.78, 5) is 10.9. The minimum atomic E-state index is -0.596. The van der Waals surface area contributed by atoms with Crippen LogP contribution in [0.2, 0.25) is 5.02 Å². The predicted molar refractivity (Wildman–Crippen MR) is 46.5 cm³/mol. The molecule has 2 aromatic rings. The molecular formula is C7H5ClN4O. The van der Waals surface area contributed by atoms with E-state index in [0.717, 1.165) is 0 Å². The van der Waals surface area contributed by atoms with E-state index in [-0.39, 0.29) is 10.6 Å². The molecule has 13 heavy (non-hydrogen) atoms. The second-order valence-electron chi connectivity index (χ2n) is 2.44. The SMILES string of the molecule is NC(=O)c1cnn2nccc2c1Cl. The van der Waals surface area contributed by atoms with E-state index >= 15 is 0 Å². The van der Waals surface area contributed by atoms with Gasteiger partial charge >= 0.3 is 0 Å². The molecule has 6 heteroatoms. The second-order valence-corrected chi connectivity index (χ2v) is 2.82. The average Bonchev–Trinajstić information content (AvgIpc) is 2.52. The Hall–Kier alpha value is -1.62. The number of fused-ring (bicyclic) bond motifs is 1. The van der Waals surface area contributed by atoms with Crippen molar-refractivity contribution >= 4 is 23.0 Å². The number of halogens is 1. The fourth-order valence-corrected chi connectivity index (χ4v) is 1.31. The van der Waals surface area contributed by atoms with Crippen molar-refractivity contribution in [3.63, 3.8) is 0 Å². The Balaban J connectivity index is 2.80. The highest BCUT2D eigenvalue weighted by Crippen LogP contribution is 2.19. The molecule has 2 aromatic heterocycles. The Morgan fingerprint density at radius 2 is 2.31 bits per heavy atom. The van der Waals surface area contributed by atoms with Gasteiger partial charge in [-0.15, -0.1) is 0 Å². The zero-order valence-corrected chi connectivity index (χ0v) is 7.19. The highest BCUT2D eigenvalue weighted by molar-refractivity contribution is 6.36. The van der Waals surface area contributed by atoms with Crippen LogP contribution in [0.3, 0.4) is 0 Å². The molecule has 0 bridgehead atoms. The van der Waals surface area contributed by atoms with Gasteiger partial charge in [-0.25, -0.2) is 0 Å². The van der Waals surface area contributed by atoms with Crippen LogP contribution in [0.25, 0.3) is 5.52 Å². The van der Waals surface area contributed by atoms with Gasteiger partial charge in [0, 0.05) is 0 Å².